The summed E-state index contributed by atoms with van der Waals surface area (Å²) in [6.07, 6.45) is 4.07. The molecule has 1 N–H and O–H groups in total. The molecule has 0 aromatic heterocycles. The van der Waals surface area contributed by atoms with Gasteiger partial charge in [0.2, 0.25) is 20.2 Å². The lowest BCUT2D eigenvalue weighted by Gasteiger charge is -2.37. The minimum absolute atomic E-state index is 0.106. The highest BCUT2D eigenvalue weighted by atomic mass is 35.5. The summed E-state index contributed by atoms with van der Waals surface area (Å²) in [4.78, 5) is 47.3. The van der Waals surface area contributed by atoms with Gasteiger partial charge in [0, 0.05) is 47.2 Å². The van der Waals surface area contributed by atoms with Crippen LogP contribution in [0.2, 0.25) is 23.7 Å². The Balaban J connectivity index is 1.20. The average Bonchev–Trinajstić information content (AvgIpc) is 3.51. The van der Waals surface area contributed by atoms with Gasteiger partial charge in [-0.1, -0.05) is 67.8 Å². The normalized spacial score (nSPS) is 26.7. The second-order valence-electron chi connectivity index (χ2n) is 15.2. The molecule has 4 aliphatic rings. The van der Waals surface area contributed by atoms with Crippen molar-refractivity contribution < 1.29 is 28.3 Å². The molecule has 51 heavy (non-hydrogen) atoms. The Hall–Kier alpha value is -3.57. The summed E-state index contributed by atoms with van der Waals surface area (Å²) < 4.78 is 23.4. The SMILES string of the molecule is C[C@H]1[C@H]([Si](C)(C)F)[C@@H](CC(=O)N2Cc3ccccc3C[C@H]2CO)O[C@]12C(=O)N(Cc1cccc(N3CCCCCCC3=O)c1)c1ccc(Cl)cc12. The summed E-state index contributed by atoms with van der Waals surface area (Å²) in [5.41, 5.74) is 2.81. The van der Waals surface area contributed by atoms with Gasteiger partial charge in [0.15, 0.2) is 5.60 Å². The summed E-state index contributed by atoms with van der Waals surface area (Å²) in [6.45, 7) is 6.15. The summed E-state index contributed by atoms with van der Waals surface area (Å²) in [6, 6.07) is 20.6. The fourth-order valence-corrected chi connectivity index (χ4v) is 11.8. The number of hydrogen-bond acceptors (Lipinski definition) is 5. The molecule has 11 heteroatoms. The van der Waals surface area contributed by atoms with E-state index in [9.17, 15) is 19.5 Å². The number of halogens is 2. The molecule has 0 unspecified atom stereocenters. The standard InChI is InChI=1S/C40H47ClFN3O5Si/c1-26-38(51(2,3)42)35(22-37(48)44-24-29-13-8-7-12-28(29)20-32(44)25-46)50-40(26)33-21-30(41)16-17-34(33)45(39(40)49)23-27-11-10-14-31(19-27)43-18-9-5-4-6-15-36(43)47/h7-8,10-14,16-17,19,21,26,32,35,38,46H,4-6,9,15,18,20,22-25H2,1-3H3/t26-,32-,35+,38-,40+/m0/s1. The molecule has 270 valence electrons. The fourth-order valence-electron chi connectivity index (χ4n) is 9.15. The lowest BCUT2D eigenvalue weighted by molar-refractivity contribution is -0.151. The molecule has 0 aliphatic carbocycles. The van der Waals surface area contributed by atoms with E-state index in [-0.39, 0.29) is 37.3 Å². The number of carbonyl (C=O) groups is 3. The third-order valence-corrected chi connectivity index (χ3v) is 14.3. The van der Waals surface area contributed by atoms with Crippen molar-refractivity contribution in [2.45, 2.75) is 101 Å². The lowest BCUT2D eigenvalue weighted by Crippen LogP contribution is -2.48. The van der Waals surface area contributed by atoms with Crippen LogP contribution in [0, 0.1) is 5.92 Å². The van der Waals surface area contributed by atoms with Gasteiger partial charge in [-0.2, -0.15) is 0 Å². The number of hydrogen-bond donors (Lipinski definition) is 1. The van der Waals surface area contributed by atoms with E-state index >= 15 is 4.11 Å². The fraction of sp³-hybridized carbons (Fsp3) is 0.475. The van der Waals surface area contributed by atoms with Crippen molar-refractivity contribution in [2.24, 2.45) is 5.92 Å². The van der Waals surface area contributed by atoms with Crippen LogP contribution in [0.5, 0.6) is 0 Å². The van der Waals surface area contributed by atoms with Gasteiger partial charge in [-0.3, -0.25) is 14.4 Å². The quantitative estimate of drug-likeness (QED) is 0.204. The first kappa shape index (κ1) is 35.8. The first-order valence-corrected chi connectivity index (χ1v) is 21.6. The van der Waals surface area contributed by atoms with Gasteiger partial charge in [0.05, 0.1) is 37.4 Å². The molecule has 3 aromatic carbocycles. The van der Waals surface area contributed by atoms with Crippen molar-refractivity contribution in [3.05, 3.63) is 94.0 Å². The van der Waals surface area contributed by atoms with E-state index in [4.69, 9.17) is 16.3 Å². The van der Waals surface area contributed by atoms with Gasteiger partial charge in [-0.15, -0.1) is 0 Å². The highest BCUT2D eigenvalue weighted by Crippen LogP contribution is 2.60. The van der Waals surface area contributed by atoms with Crippen molar-refractivity contribution >= 4 is 49.1 Å². The monoisotopic (exact) mass is 731 g/mol. The van der Waals surface area contributed by atoms with Crippen LogP contribution >= 0.6 is 11.6 Å². The Labute approximate surface area is 305 Å². The Bertz CT molecular complexity index is 1840. The van der Waals surface area contributed by atoms with Crippen molar-refractivity contribution in [3.8, 4) is 0 Å². The van der Waals surface area contributed by atoms with E-state index in [0.717, 1.165) is 48.1 Å². The maximum Gasteiger partial charge on any atom is 0.264 e. The number of rotatable bonds is 7. The van der Waals surface area contributed by atoms with Crippen molar-refractivity contribution in [3.63, 3.8) is 0 Å². The molecule has 0 bridgehead atoms. The molecule has 4 aliphatic heterocycles. The summed E-state index contributed by atoms with van der Waals surface area (Å²) in [5.74, 6) is -1.01. The zero-order chi connectivity index (χ0) is 36.1. The van der Waals surface area contributed by atoms with Crippen LogP contribution in [0.1, 0.15) is 67.7 Å². The second-order valence-corrected chi connectivity index (χ2v) is 19.5. The first-order chi connectivity index (χ1) is 24.4. The van der Waals surface area contributed by atoms with Gasteiger partial charge >= 0.3 is 0 Å². The van der Waals surface area contributed by atoms with E-state index in [0.29, 0.717) is 42.2 Å². The molecule has 2 saturated heterocycles. The van der Waals surface area contributed by atoms with Crippen molar-refractivity contribution in [2.75, 3.05) is 23.0 Å². The van der Waals surface area contributed by atoms with Gasteiger partial charge in [0.1, 0.15) is 0 Å². The van der Waals surface area contributed by atoms with E-state index in [1.807, 2.05) is 66.4 Å². The summed E-state index contributed by atoms with van der Waals surface area (Å²) >= 11 is 6.58. The molecule has 2 fully saturated rings. The summed E-state index contributed by atoms with van der Waals surface area (Å²) in [7, 11) is -3.53. The maximum absolute atomic E-state index is 16.5. The van der Waals surface area contributed by atoms with Crippen LogP contribution < -0.4 is 9.80 Å². The third-order valence-electron chi connectivity index (χ3n) is 11.6. The summed E-state index contributed by atoms with van der Waals surface area (Å²) in [5, 5.41) is 10.7. The number of aliphatic hydroxyl groups excluding tert-OH is 1. The van der Waals surface area contributed by atoms with E-state index < -0.39 is 37.6 Å². The zero-order valence-corrected chi connectivity index (χ0v) is 31.4. The Morgan fingerprint density at radius 1 is 1.02 bits per heavy atom. The molecule has 4 heterocycles. The van der Waals surface area contributed by atoms with Crippen LogP contribution in [-0.4, -0.2) is 61.4 Å². The minimum atomic E-state index is -3.53. The first-order valence-electron chi connectivity index (χ1n) is 18.3. The van der Waals surface area contributed by atoms with Crippen LogP contribution in [0.15, 0.2) is 66.7 Å². The van der Waals surface area contributed by atoms with Crippen LogP contribution in [0.4, 0.5) is 15.5 Å². The van der Waals surface area contributed by atoms with Crippen LogP contribution in [0.25, 0.3) is 0 Å². The molecule has 7 rings (SSSR count). The van der Waals surface area contributed by atoms with Crippen LogP contribution in [-0.2, 0) is 44.2 Å². The van der Waals surface area contributed by atoms with Gasteiger partial charge in [-0.25, -0.2) is 0 Å². The largest absolute Gasteiger partial charge is 0.394 e. The number of nitrogens with zero attached hydrogens (tertiary/aromatic N) is 3. The molecule has 0 saturated carbocycles. The van der Waals surface area contributed by atoms with Crippen molar-refractivity contribution in [1.29, 1.82) is 0 Å². The minimum Gasteiger partial charge on any atom is -0.394 e. The number of ether oxygens (including phenoxy) is 1. The molecular weight excluding hydrogens is 685 g/mol. The smallest absolute Gasteiger partial charge is 0.264 e. The number of carbonyl (C=O) groups excluding carboxylic acids is 3. The zero-order valence-electron chi connectivity index (χ0n) is 29.6. The second kappa shape index (κ2) is 14.1. The molecule has 1 spiro atoms. The average molecular weight is 732 g/mol. The molecule has 0 radical (unpaired) electrons. The third kappa shape index (κ3) is 6.53. The molecule has 8 nitrogen and oxygen atoms in total. The number of benzene rings is 3. The number of amides is 3. The highest BCUT2D eigenvalue weighted by Gasteiger charge is 2.67. The van der Waals surface area contributed by atoms with E-state index in [1.165, 1.54) is 0 Å². The molecular formula is C40H47ClFN3O5Si. The number of fused-ring (bicyclic) bond motifs is 3. The Kier molecular flexibility index (Phi) is 9.90. The van der Waals surface area contributed by atoms with Gasteiger partial charge in [-0.05, 0) is 79.4 Å². The number of aliphatic hydroxyl groups is 1. The highest BCUT2D eigenvalue weighted by molar-refractivity contribution is 6.72. The molecule has 3 aromatic rings. The Morgan fingerprint density at radius 3 is 2.55 bits per heavy atom. The van der Waals surface area contributed by atoms with E-state index in [1.54, 1.807) is 35.0 Å². The molecule has 5 atom stereocenters. The van der Waals surface area contributed by atoms with Gasteiger partial charge in [0.25, 0.3) is 5.91 Å². The van der Waals surface area contributed by atoms with Gasteiger partial charge < -0.3 is 28.7 Å². The lowest BCUT2D eigenvalue weighted by atomic mass is 9.82. The van der Waals surface area contributed by atoms with E-state index in [2.05, 4.69) is 0 Å². The topological polar surface area (TPSA) is 90.4 Å². The maximum atomic E-state index is 16.5. The molecule has 3 amide bonds. The van der Waals surface area contributed by atoms with Crippen molar-refractivity contribution in [1.82, 2.24) is 4.90 Å². The van der Waals surface area contributed by atoms with Crippen LogP contribution in [0.3, 0.4) is 0 Å². The predicted octanol–water partition coefficient (Wildman–Crippen LogP) is 7.29. The predicted molar refractivity (Wildman–Crippen MR) is 199 cm³/mol. The number of anilines is 2. The Morgan fingerprint density at radius 2 is 1.78 bits per heavy atom.